The van der Waals surface area contributed by atoms with E-state index in [1.165, 1.54) is 0 Å². The molecule has 2 rings (SSSR count). The average molecular weight is 170 g/mol. The molecular formula is C9H7BN2O. The molecule has 0 bridgehead atoms. The number of carbonyl (C=O) groups is 1. The van der Waals surface area contributed by atoms with Crippen molar-refractivity contribution in [2.24, 2.45) is 0 Å². The number of imidazole rings is 1. The van der Waals surface area contributed by atoms with Crippen LogP contribution in [-0.4, -0.2) is 23.5 Å². The van der Waals surface area contributed by atoms with E-state index in [0.717, 1.165) is 11.9 Å². The molecule has 0 fully saturated rings. The summed E-state index contributed by atoms with van der Waals surface area (Å²) in [5.41, 5.74) is 1.93. The topological polar surface area (TPSA) is 34.4 Å². The summed E-state index contributed by atoms with van der Waals surface area (Å²) >= 11 is 0. The predicted octanol–water partition coefficient (Wildman–Crippen LogP) is 0.815. The SMILES string of the molecule is [B]Cc1nc2ccccn2c1C=O. The fraction of sp³-hybridized carbons (Fsp3) is 0.111. The molecule has 0 saturated carbocycles. The smallest absolute Gasteiger partial charge is 0.168 e. The van der Waals surface area contributed by atoms with Crippen LogP contribution < -0.4 is 0 Å². The maximum atomic E-state index is 10.7. The molecule has 2 heterocycles. The molecule has 2 aromatic rings. The zero-order valence-electron chi connectivity index (χ0n) is 6.97. The van der Waals surface area contributed by atoms with Gasteiger partial charge in [-0.05, 0) is 18.5 Å². The third-order valence-corrected chi connectivity index (χ3v) is 1.95. The second kappa shape index (κ2) is 3.05. The van der Waals surface area contributed by atoms with Crippen LogP contribution in [0.3, 0.4) is 0 Å². The molecule has 0 unspecified atom stereocenters. The summed E-state index contributed by atoms with van der Waals surface area (Å²) in [7, 11) is 5.46. The van der Waals surface area contributed by atoms with Gasteiger partial charge in [0.2, 0.25) is 0 Å². The molecule has 0 amide bonds. The number of fused-ring (bicyclic) bond motifs is 1. The third-order valence-electron chi connectivity index (χ3n) is 1.95. The highest BCUT2D eigenvalue weighted by Gasteiger charge is 2.07. The first-order valence-electron chi connectivity index (χ1n) is 3.98. The molecule has 0 aromatic carbocycles. The standard InChI is InChI=1S/C9H7BN2O/c10-5-7-8(6-13)12-4-2-1-3-9(12)11-7/h1-4,6H,5H2. The molecule has 3 nitrogen and oxygen atoms in total. The Bertz CT molecular complexity index is 450. The van der Waals surface area contributed by atoms with Crippen molar-refractivity contribution >= 4 is 19.8 Å². The van der Waals surface area contributed by atoms with E-state index in [0.29, 0.717) is 11.4 Å². The van der Waals surface area contributed by atoms with Crippen LogP contribution in [0.5, 0.6) is 0 Å². The lowest BCUT2D eigenvalue weighted by atomic mass is 10.0. The summed E-state index contributed by atoms with van der Waals surface area (Å²) in [6.45, 7) is 0. The second-order valence-corrected chi connectivity index (χ2v) is 2.69. The van der Waals surface area contributed by atoms with Crippen LogP contribution in [0.4, 0.5) is 0 Å². The van der Waals surface area contributed by atoms with E-state index in [1.54, 1.807) is 10.6 Å². The number of hydrogen-bond acceptors (Lipinski definition) is 2. The van der Waals surface area contributed by atoms with Crippen molar-refractivity contribution in [3.63, 3.8) is 0 Å². The first-order valence-corrected chi connectivity index (χ1v) is 3.98. The number of nitrogens with zero attached hydrogens (tertiary/aromatic N) is 2. The Labute approximate surface area is 76.8 Å². The molecule has 0 spiro atoms. The Morgan fingerprint density at radius 3 is 3.08 bits per heavy atom. The largest absolute Gasteiger partial charge is 0.297 e. The highest BCUT2D eigenvalue weighted by atomic mass is 16.1. The molecule has 62 valence electrons. The van der Waals surface area contributed by atoms with Gasteiger partial charge < -0.3 is 0 Å². The number of aldehydes is 1. The monoisotopic (exact) mass is 170 g/mol. The van der Waals surface area contributed by atoms with Gasteiger partial charge in [0.15, 0.2) is 6.29 Å². The van der Waals surface area contributed by atoms with Gasteiger partial charge in [0.25, 0.3) is 0 Å². The van der Waals surface area contributed by atoms with Crippen molar-refractivity contribution in [2.45, 2.75) is 6.32 Å². The van der Waals surface area contributed by atoms with Gasteiger partial charge >= 0.3 is 0 Å². The van der Waals surface area contributed by atoms with Crippen LogP contribution in [0.25, 0.3) is 5.65 Å². The number of hydrogen-bond donors (Lipinski definition) is 0. The lowest BCUT2D eigenvalue weighted by molar-refractivity contribution is 0.111. The van der Waals surface area contributed by atoms with Gasteiger partial charge in [0, 0.05) is 6.20 Å². The normalized spacial score (nSPS) is 10.5. The molecule has 4 heteroatoms. The Balaban J connectivity index is 2.81. The Hall–Kier alpha value is -1.58. The van der Waals surface area contributed by atoms with E-state index in [2.05, 4.69) is 4.98 Å². The average Bonchev–Trinajstić information content (AvgIpc) is 2.55. The third kappa shape index (κ3) is 1.14. The molecule has 13 heavy (non-hydrogen) atoms. The van der Waals surface area contributed by atoms with E-state index in [1.807, 2.05) is 18.2 Å². The van der Waals surface area contributed by atoms with Gasteiger partial charge in [-0.15, -0.1) is 0 Å². The van der Waals surface area contributed by atoms with E-state index in [9.17, 15) is 4.79 Å². The maximum absolute atomic E-state index is 10.7. The van der Waals surface area contributed by atoms with Crippen molar-refractivity contribution in [3.8, 4) is 0 Å². The van der Waals surface area contributed by atoms with Gasteiger partial charge in [-0.1, -0.05) is 6.07 Å². The Morgan fingerprint density at radius 2 is 2.38 bits per heavy atom. The van der Waals surface area contributed by atoms with Crippen molar-refractivity contribution in [2.75, 3.05) is 0 Å². The number of rotatable bonds is 2. The quantitative estimate of drug-likeness (QED) is 0.493. The van der Waals surface area contributed by atoms with Gasteiger partial charge in [-0.25, -0.2) is 4.98 Å². The first kappa shape index (κ1) is 8.04. The Morgan fingerprint density at radius 1 is 1.54 bits per heavy atom. The van der Waals surface area contributed by atoms with Gasteiger partial charge in [0.05, 0.1) is 13.5 Å². The summed E-state index contributed by atoms with van der Waals surface area (Å²) < 4.78 is 1.73. The van der Waals surface area contributed by atoms with Crippen molar-refractivity contribution in [1.82, 2.24) is 9.38 Å². The van der Waals surface area contributed by atoms with Gasteiger partial charge in [-0.3, -0.25) is 9.20 Å². The lowest BCUT2D eigenvalue weighted by Gasteiger charge is -1.93. The molecule has 2 aromatic heterocycles. The minimum absolute atomic E-state index is 0.287. The second-order valence-electron chi connectivity index (χ2n) is 2.69. The molecule has 0 atom stereocenters. The lowest BCUT2D eigenvalue weighted by Crippen LogP contribution is -1.94. The highest BCUT2D eigenvalue weighted by molar-refractivity contribution is 6.08. The van der Waals surface area contributed by atoms with Crippen LogP contribution in [0.2, 0.25) is 0 Å². The summed E-state index contributed by atoms with van der Waals surface area (Å²) in [6.07, 6.45) is 2.86. The van der Waals surface area contributed by atoms with E-state index in [-0.39, 0.29) is 6.32 Å². The number of aromatic nitrogens is 2. The molecule has 0 aliphatic heterocycles. The predicted molar refractivity (Wildman–Crippen MR) is 50.0 cm³/mol. The molecule has 0 aliphatic carbocycles. The number of carbonyl (C=O) groups excluding carboxylic acids is 1. The maximum Gasteiger partial charge on any atom is 0.168 e. The van der Waals surface area contributed by atoms with Crippen molar-refractivity contribution in [3.05, 3.63) is 35.8 Å². The Kier molecular flexibility index (Phi) is 1.89. The molecule has 0 N–H and O–H groups in total. The van der Waals surface area contributed by atoms with Crippen LogP contribution >= 0.6 is 0 Å². The van der Waals surface area contributed by atoms with Crippen LogP contribution in [0, 0.1) is 0 Å². The number of pyridine rings is 1. The summed E-state index contributed by atoms with van der Waals surface area (Å²) in [4.78, 5) is 15.0. The minimum Gasteiger partial charge on any atom is -0.297 e. The van der Waals surface area contributed by atoms with E-state index >= 15 is 0 Å². The molecular weight excluding hydrogens is 163 g/mol. The van der Waals surface area contributed by atoms with Crippen LogP contribution in [0.1, 0.15) is 16.2 Å². The molecule has 0 saturated heterocycles. The zero-order valence-corrected chi connectivity index (χ0v) is 6.97. The molecule has 2 radical (unpaired) electrons. The summed E-state index contributed by atoms with van der Waals surface area (Å²) in [6, 6.07) is 5.56. The summed E-state index contributed by atoms with van der Waals surface area (Å²) in [5, 5.41) is 0. The first-order chi connectivity index (χ1) is 6.36. The van der Waals surface area contributed by atoms with E-state index < -0.39 is 0 Å². The van der Waals surface area contributed by atoms with Gasteiger partial charge in [-0.2, -0.15) is 0 Å². The van der Waals surface area contributed by atoms with Crippen molar-refractivity contribution in [1.29, 1.82) is 0 Å². The minimum atomic E-state index is 0.287. The summed E-state index contributed by atoms with van der Waals surface area (Å²) in [5.74, 6) is 0. The fourth-order valence-electron chi connectivity index (χ4n) is 1.34. The fourth-order valence-corrected chi connectivity index (χ4v) is 1.34. The zero-order chi connectivity index (χ0) is 9.26. The van der Waals surface area contributed by atoms with Gasteiger partial charge in [0.1, 0.15) is 11.3 Å². The van der Waals surface area contributed by atoms with E-state index in [4.69, 9.17) is 7.85 Å². The highest BCUT2D eigenvalue weighted by Crippen LogP contribution is 2.09. The van der Waals surface area contributed by atoms with Crippen molar-refractivity contribution < 1.29 is 4.79 Å². The van der Waals surface area contributed by atoms with Crippen LogP contribution in [-0.2, 0) is 6.32 Å². The molecule has 0 aliphatic rings. The van der Waals surface area contributed by atoms with Crippen LogP contribution in [0.15, 0.2) is 24.4 Å².